The molecule has 0 bridgehead atoms. The molecule has 0 unspecified atom stereocenters. The van der Waals surface area contributed by atoms with Crippen LogP contribution in [-0.2, 0) is 9.59 Å². The highest BCUT2D eigenvalue weighted by Gasteiger charge is 2.38. The Labute approximate surface area is 107 Å². The van der Waals surface area contributed by atoms with Crippen LogP contribution in [-0.4, -0.2) is 24.5 Å². The third kappa shape index (κ3) is 4.25. The Morgan fingerprint density at radius 2 is 1.89 bits per heavy atom. The summed E-state index contributed by atoms with van der Waals surface area (Å²) < 4.78 is 36.2. The molecule has 0 radical (unpaired) electrons. The fraction of sp³-hybridized carbons (Fsp3) is 0.273. The van der Waals surface area contributed by atoms with Crippen LogP contribution < -0.4 is 16.4 Å². The van der Waals surface area contributed by atoms with E-state index in [-0.39, 0.29) is 12.2 Å². The van der Waals surface area contributed by atoms with Crippen molar-refractivity contribution in [1.29, 1.82) is 0 Å². The van der Waals surface area contributed by atoms with Gasteiger partial charge < -0.3 is 16.4 Å². The summed E-state index contributed by atoms with van der Waals surface area (Å²) in [6.45, 7) is 1.30. The van der Waals surface area contributed by atoms with E-state index in [4.69, 9.17) is 5.73 Å². The molecule has 1 aromatic carbocycles. The van der Waals surface area contributed by atoms with E-state index in [2.05, 4.69) is 5.32 Å². The van der Waals surface area contributed by atoms with E-state index in [0.29, 0.717) is 11.3 Å². The van der Waals surface area contributed by atoms with Crippen LogP contribution in [0.15, 0.2) is 18.2 Å². The molecule has 0 saturated carbocycles. The van der Waals surface area contributed by atoms with E-state index < -0.39 is 18.0 Å². The maximum atomic E-state index is 12.1. The second-order valence-electron chi connectivity index (χ2n) is 3.73. The van der Waals surface area contributed by atoms with Gasteiger partial charge in [-0.2, -0.15) is 13.2 Å². The molecule has 8 heteroatoms. The molecule has 0 heterocycles. The minimum Gasteiger partial charge on any atom is -0.325 e. The molecule has 0 saturated heterocycles. The highest BCUT2D eigenvalue weighted by molar-refractivity contribution is 5.96. The summed E-state index contributed by atoms with van der Waals surface area (Å²) in [6, 6.07) is 4.07. The largest absolute Gasteiger partial charge is 0.471 e. The topological polar surface area (TPSA) is 84.2 Å². The number of hydrogen-bond acceptors (Lipinski definition) is 3. The van der Waals surface area contributed by atoms with Gasteiger partial charge in [0.15, 0.2) is 0 Å². The number of anilines is 2. The van der Waals surface area contributed by atoms with E-state index in [1.807, 2.05) is 0 Å². The predicted molar refractivity (Wildman–Crippen MR) is 63.5 cm³/mol. The lowest BCUT2D eigenvalue weighted by Gasteiger charge is -2.12. The first-order chi connectivity index (χ1) is 8.74. The number of rotatable bonds is 3. The van der Waals surface area contributed by atoms with Gasteiger partial charge >= 0.3 is 12.1 Å². The average molecular weight is 275 g/mol. The van der Waals surface area contributed by atoms with E-state index in [1.54, 1.807) is 5.32 Å². The molecule has 0 aliphatic carbocycles. The summed E-state index contributed by atoms with van der Waals surface area (Å²) in [5.41, 5.74) is 5.90. The number of carbonyl (C=O) groups excluding carboxylic acids is 2. The van der Waals surface area contributed by atoms with Crippen molar-refractivity contribution in [1.82, 2.24) is 0 Å². The van der Waals surface area contributed by atoms with Crippen LogP contribution >= 0.6 is 0 Å². The van der Waals surface area contributed by atoms with E-state index in [0.717, 1.165) is 0 Å². The quantitative estimate of drug-likeness (QED) is 0.779. The molecule has 0 spiro atoms. The fourth-order valence-electron chi connectivity index (χ4n) is 1.29. The summed E-state index contributed by atoms with van der Waals surface area (Å²) in [5, 5.41) is 4.19. The minimum absolute atomic E-state index is 0.0214. The number of nitrogens with one attached hydrogen (secondary N) is 2. The van der Waals surface area contributed by atoms with Crippen molar-refractivity contribution in [3.05, 3.63) is 23.8 Å². The van der Waals surface area contributed by atoms with Crippen molar-refractivity contribution in [3.63, 3.8) is 0 Å². The average Bonchev–Trinajstić information content (AvgIpc) is 2.31. The van der Waals surface area contributed by atoms with Crippen molar-refractivity contribution in [2.75, 3.05) is 17.2 Å². The molecule has 1 aromatic rings. The van der Waals surface area contributed by atoms with Gasteiger partial charge in [-0.3, -0.25) is 9.59 Å². The number of carbonyl (C=O) groups is 2. The number of aryl methyl sites for hydroxylation is 1. The molecule has 0 fully saturated rings. The molecule has 0 atom stereocenters. The van der Waals surface area contributed by atoms with Crippen LogP contribution in [0.5, 0.6) is 0 Å². The molecule has 0 aliphatic heterocycles. The molecule has 0 aliphatic rings. The van der Waals surface area contributed by atoms with Crippen molar-refractivity contribution in [2.45, 2.75) is 13.1 Å². The highest BCUT2D eigenvalue weighted by Crippen LogP contribution is 2.23. The zero-order valence-corrected chi connectivity index (χ0v) is 9.97. The molecule has 4 N–H and O–H groups in total. The van der Waals surface area contributed by atoms with Crippen LogP contribution in [0.3, 0.4) is 0 Å². The maximum absolute atomic E-state index is 12.1. The molecule has 5 nitrogen and oxygen atoms in total. The lowest BCUT2D eigenvalue weighted by molar-refractivity contribution is -0.167. The standard InChI is InChI=1S/C11H12F3N3O2/c1-6-4-7(16-9(18)5-15)2-3-8(6)17-10(19)11(12,13)14/h2-4H,5,15H2,1H3,(H,16,18)(H,17,19). The molecular formula is C11H12F3N3O2. The Morgan fingerprint density at radius 3 is 2.37 bits per heavy atom. The molecule has 0 aromatic heterocycles. The summed E-state index contributed by atoms with van der Waals surface area (Å²) in [7, 11) is 0. The van der Waals surface area contributed by atoms with Crippen LogP contribution in [0.4, 0.5) is 24.5 Å². The molecule has 19 heavy (non-hydrogen) atoms. The number of hydrogen-bond donors (Lipinski definition) is 3. The number of halogens is 3. The van der Waals surface area contributed by atoms with Crippen molar-refractivity contribution < 1.29 is 22.8 Å². The van der Waals surface area contributed by atoms with Crippen LogP contribution in [0.1, 0.15) is 5.56 Å². The van der Waals surface area contributed by atoms with Gasteiger partial charge in [-0.25, -0.2) is 0 Å². The normalized spacial score (nSPS) is 11.0. The monoisotopic (exact) mass is 275 g/mol. The van der Waals surface area contributed by atoms with Gasteiger partial charge in [0.2, 0.25) is 5.91 Å². The highest BCUT2D eigenvalue weighted by atomic mass is 19.4. The summed E-state index contributed by atoms with van der Waals surface area (Å²) in [6.07, 6.45) is -4.95. The Balaban J connectivity index is 2.83. The summed E-state index contributed by atoms with van der Waals surface area (Å²) in [4.78, 5) is 21.8. The van der Waals surface area contributed by atoms with Crippen LogP contribution in [0, 0.1) is 6.92 Å². The van der Waals surface area contributed by atoms with Gasteiger partial charge in [-0.05, 0) is 30.7 Å². The number of nitrogens with two attached hydrogens (primary N) is 1. The SMILES string of the molecule is Cc1cc(NC(=O)CN)ccc1NC(=O)C(F)(F)F. The van der Waals surface area contributed by atoms with Gasteiger partial charge in [0.25, 0.3) is 0 Å². The van der Waals surface area contributed by atoms with Gasteiger partial charge in [-0.15, -0.1) is 0 Å². The van der Waals surface area contributed by atoms with Crippen molar-refractivity contribution in [2.24, 2.45) is 5.73 Å². The first-order valence-electron chi connectivity index (χ1n) is 5.23. The predicted octanol–water partition coefficient (Wildman–Crippen LogP) is 1.39. The second-order valence-corrected chi connectivity index (χ2v) is 3.73. The van der Waals surface area contributed by atoms with Crippen molar-refractivity contribution in [3.8, 4) is 0 Å². The lowest BCUT2D eigenvalue weighted by atomic mass is 10.1. The van der Waals surface area contributed by atoms with E-state index >= 15 is 0 Å². The van der Waals surface area contributed by atoms with Gasteiger partial charge in [0.1, 0.15) is 0 Å². The van der Waals surface area contributed by atoms with Crippen molar-refractivity contribution >= 4 is 23.2 Å². The van der Waals surface area contributed by atoms with E-state index in [1.165, 1.54) is 25.1 Å². The molecule has 2 amide bonds. The number of benzene rings is 1. The summed E-state index contributed by atoms with van der Waals surface area (Å²) in [5.74, 6) is -2.47. The second kappa shape index (κ2) is 5.70. The Morgan fingerprint density at radius 1 is 1.26 bits per heavy atom. The lowest BCUT2D eigenvalue weighted by Crippen LogP contribution is -2.30. The molecule has 104 valence electrons. The van der Waals surface area contributed by atoms with Crippen LogP contribution in [0.2, 0.25) is 0 Å². The third-order valence-corrected chi connectivity index (χ3v) is 2.20. The minimum atomic E-state index is -4.95. The maximum Gasteiger partial charge on any atom is 0.471 e. The zero-order valence-electron chi connectivity index (χ0n) is 9.97. The van der Waals surface area contributed by atoms with E-state index in [9.17, 15) is 22.8 Å². The van der Waals surface area contributed by atoms with Crippen LogP contribution in [0.25, 0.3) is 0 Å². The zero-order chi connectivity index (χ0) is 14.6. The van der Waals surface area contributed by atoms with Gasteiger partial charge in [0.05, 0.1) is 6.54 Å². The Bertz CT molecular complexity index is 500. The van der Waals surface area contributed by atoms with Gasteiger partial charge in [0, 0.05) is 11.4 Å². The smallest absolute Gasteiger partial charge is 0.325 e. The first kappa shape index (κ1) is 15.0. The summed E-state index contributed by atoms with van der Waals surface area (Å²) >= 11 is 0. The number of alkyl halides is 3. The first-order valence-corrected chi connectivity index (χ1v) is 5.23. The third-order valence-electron chi connectivity index (χ3n) is 2.20. The Kier molecular flexibility index (Phi) is 4.49. The fourth-order valence-corrected chi connectivity index (χ4v) is 1.29. The Hall–Kier alpha value is -2.09. The molecular weight excluding hydrogens is 263 g/mol. The molecule has 1 rings (SSSR count). The van der Waals surface area contributed by atoms with Gasteiger partial charge in [-0.1, -0.05) is 0 Å². The number of amides is 2.